The van der Waals surface area contributed by atoms with Gasteiger partial charge in [0.2, 0.25) is 0 Å². The van der Waals surface area contributed by atoms with Gasteiger partial charge in [0.25, 0.3) is 0 Å². The molecule has 1 heteroatoms. The van der Waals surface area contributed by atoms with Gasteiger partial charge in [-0.25, -0.2) is 0 Å². The van der Waals surface area contributed by atoms with Crippen LogP contribution in [-0.4, -0.2) is 0 Å². The number of rotatable bonds is 9. The summed E-state index contributed by atoms with van der Waals surface area (Å²) in [6.07, 6.45) is 8.76. The number of unbranched alkanes of at least 4 members (excludes halogenated alkanes) is 3. The predicted molar refractivity (Wildman–Crippen MR) is 65.0 cm³/mol. The van der Waals surface area contributed by atoms with E-state index in [1.54, 1.807) is 12.4 Å². The Hall–Kier alpha value is 0.883. The second kappa shape index (κ2) is 9.13. The first-order valence-corrected chi connectivity index (χ1v) is 14.4. The van der Waals surface area contributed by atoms with E-state index in [1.165, 1.54) is 38.5 Å². The van der Waals surface area contributed by atoms with E-state index in [1.807, 2.05) is 0 Å². The summed E-state index contributed by atoms with van der Waals surface area (Å²) in [5, 5.41) is 0. The zero-order chi connectivity index (χ0) is 10.9. The van der Waals surface area contributed by atoms with Crippen LogP contribution in [0, 0.1) is 0 Å². The van der Waals surface area contributed by atoms with Crippen molar-refractivity contribution in [1.82, 2.24) is 0 Å². The van der Waals surface area contributed by atoms with Crippen molar-refractivity contribution in [3.63, 3.8) is 0 Å². The molecule has 0 radical (unpaired) electrons. The molecule has 0 aromatic heterocycles. The van der Waals surface area contributed by atoms with Crippen molar-refractivity contribution in [2.75, 3.05) is 0 Å². The Morgan fingerprint density at radius 3 is 1.14 bits per heavy atom. The fraction of sp³-hybridized carbons (Fsp3) is 1.00. The predicted octanol–water partition coefficient (Wildman–Crippen LogP) is 5.84. The van der Waals surface area contributed by atoms with Crippen molar-refractivity contribution < 1.29 is 20.3 Å². The summed E-state index contributed by atoms with van der Waals surface area (Å²) >= 11 is -1.56. The van der Waals surface area contributed by atoms with Gasteiger partial charge in [-0.15, -0.1) is 0 Å². The molecule has 0 saturated carbocycles. The summed E-state index contributed by atoms with van der Waals surface area (Å²) in [4.78, 5) is 0. The molecule has 0 N–H and O–H groups in total. The summed E-state index contributed by atoms with van der Waals surface area (Å²) in [5.41, 5.74) is 0. The molecule has 0 aromatic rings. The van der Waals surface area contributed by atoms with Crippen molar-refractivity contribution in [3.05, 3.63) is 0 Å². The Morgan fingerprint density at radius 1 is 0.643 bits per heavy atom. The molecule has 0 nitrogen and oxygen atoms in total. The fourth-order valence-electron chi connectivity index (χ4n) is 2.19. The van der Waals surface area contributed by atoms with Gasteiger partial charge in [-0.05, 0) is 0 Å². The van der Waals surface area contributed by atoms with Crippen LogP contribution in [0.2, 0.25) is 17.0 Å². The molecular formula is C13H30Zr. The molecule has 14 heavy (non-hydrogen) atoms. The molecular weight excluding hydrogens is 247 g/mol. The zero-order valence-electron chi connectivity index (χ0n) is 10.9. The van der Waals surface area contributed by atoms with Gasteiger partial charge in [0.15, 0.2) is 0 Å². The van der Waals surface area contributed by atoms with Gasteiger partial charge < -0.3 is 0 Å². The van der Waals surface area contributed by atoms with Crippen LogP contribution in [0.25, 0.3) is 0 Å². The van der Waals surface area contributed by atoms with Crippen LogP contribution in [-0.2, 0) is 20.3 Å². The van der Waals surface area contributed by atoms with Crippen LogP contribution in [0.5, 0.6) is 0 Å². The Kier molecular flexibility index (Phi) is 9.71. The van der Waals surface area contributed by atoms with Crippen molar-refractivity contribution in [1.29, 1.82) is 0 Å². The van der Waals surface area contributed by atoms with Crippen LogP contribution in [0.15, 0.2) is 0 Å². The molecule has 0 fully saturated rings. The average molecular weight is 278 g/mol. The SMILES string of the molecule is CCC[CH2][Zr]([CH3])([CH2]CCC)[CH2]CCC. The van der Waals surface area contributed by atoms with E-state index in [4.69, 9.17) is 0 Å². The maximum atomic E-state index is 2.72. The molecule has 0 atom stereocenters. The molecule has 86 valence electrons. The summed E-state index contributed by atoms with van der Waals surface area (Å²) in [5.74, 6) is 0. The van der Waals surface area contributed by atoms with E-state index in [2.05, 4.69) is 25.4 Å². The van der Waals surface area contributed by atoms with E-state index in [9.17, 15) is 0 Å². The Bertz CT molecular complexity index is 98.6. The quantitative estimate of drug-likeness (QED) is 0.496. The molecule has 0 bridgehead atoms. The Morgan fingerprint density at radius 2 is 0.929 bits per heavy atom. The van der Waals surface area contributed by atoms with E-state index in [-0.39, 0.29) is 0 Å². The molecule has 0 rings (SSSR count). The van der Waals surface area contributed by atoms with Crippen LogP contribution >= 0.6 is 0 Å². The van der Waals surface area contributed by atoms with Crippen molar-refractivity contribution >= 4 is 0 Å². The van der Waals surface area contributed by atoms with Gasteiger partial charge in [0.1, 0.15) is 0 Å². The van der Waals surface area contributed by atoms with Gasteiger partial charge in [-0.3, -0.25) is 0 Å². The topological polar surface area (TPSA) is 0 Å². The molecule has 0 heterocycles. The minimum atomic E-state index is -1.56. The summed E-state index contributed by atoms with van der Waals surface area (Å²) < 4.78 is 7.69. The molecule has 0 aliphatic carbocycles. The standard InChI is InChI=1S/3C4H9.CH3.Zr/c3*1-3-4-2;;/h3*1,3-4H2,2H3;1H3;. The molecule has 0 spiro atoms. The second-order valence-electron chi connectivity index (χ2n) is 5.12. The first-order valence-electron chi connectivity index (χ1n) is 6.68. The van der Waals surface area contributed by atoms with Crippen molar-refractivity contribution in [3.8, 4) is 0 Å². The van der Waals surface area contributed by atoms with Gasteiger partial charge in [-0.2, -0.15) is 0 Å². The summed E-state index contributed by atoms with van der Waals surface area (Å²) in [7, 11) is 0. The molecule has 0 aliphatic heterocycles. The van der Waals surface area contributed by atoms with E-state index in [0.717, 1.165) is 0 Å². The maximum absolute atomic E-state index is 2.72. The fourth-order valence-corrected chi connectivity index (χ4v) is 12.9. The van der Waals surface area contributed by atoms with Crippen LogP contribution in [0.4, 0.5) is 0 Å². The third kappa shape index (κ3) is 7.21. The summed E-state index contributed by atoms with van der Waals surface area (Å²) in [6, 6.07) is 0. The van der Waals surface area contributed by atoms with Crippen LogP contribution in [0.1, 0.15) is 59.3 Å². The van der Waals surface area contributed by atoms with Gasteiger partial charge in [0, 0.05) is 0 Å². The van der Waals surface area contributed by atoms with Crippen molar-refractivity contribution in [2.24, 2.45) is 0 Å². The Balaban J connectivity index is 3.89. The molecule has 0 unspecified atom stereocenters. The van der Waals surface area contributed by atoms with Gasteiger partial charge in [0.05, 0.1) is 0 Å². The second-order valence-corrected chi connectivity index (χ2v) is 17.7. The average Bonchev–Trinajstić information content (AvgIpc) is 2.21. The first kappa shape index (κ1) is 14.9. The minimum absolute atomic E-state index is 1.41. The van der Waals surface area contributed by atoms with Crippen LogP contribution < -0.4 is 0 Å². The third-order valence-corrected chi connectivity index (χ3v) is 14.9. The molecule has 0 aliphatic rings. The normalized spacial score (nSPS) is 12.0. The van der Waals surface area contributed by atoms with E-state index >= 15 is 0 Å². The zero-order valence-corrected chi connectivity index (χ0v) is 13.3. The third-order valence-electron chi connectivity index (χ3n) is 3.40. The number of hydrogen-bond acceptors (Lipinski definition) is 0. The van der Waals surface area contributed by atoms with E-state index in [0.29, 0.717) is 0 Å². The van der Waals surface area contributed by atoms with Gasteiger partial charge in [-0.1, -0.05) is 0 Å². The van der Waals surface area contributed by atoms with Crippen molar-refractivity contribution in [2.45, 2.75) is 76.3 Å². The first-order chi connectivity index (χ1) is 6.68. The monoisotopic (exact) mass is 276 g/mol. The van der Waals surface area contributed by atoms with Gasteiger partial charge >= 0.3 is 96.6 Å². The molecule has 0 saturated heterocycles. The Labute approximate surface area is 96.3 Å². The van der Waals surface area contributed by atoms with E-state index < -0.39 is 20.3 Å². The number of hydrogen-bond donors (Lipinski definition) is 0. The van der Waals surface area contributed by atoms with Crippen LogP contribution in [0.3, 0.4) is 0 Å². The molecule has 0 amide bonds. The molecule has 0 aromatic carbocycles. The summed E-state index contributed by atoms with van der Waals surface area (Å²) in [6.45, 7) is 7.02.